The third-order valence-corrected chi connectivity index (χ3v) is 4.86. The monoisotopic (exact) mass is 367 g/mol. The highest BCUT2D eigenvalue weighted by Gasteiger charge is 2.02. The summed E-state index contributed by atoms with van der Waals surface area (Å²) in [5, 5.41) is 11.1. The van der Waals surface area contributed by atoms with E-state index >= 15 is 0 Å². The van der Waals surface area contributed by atoms with E-state index in [0.29, 0.717) is 6.54 Å². The predicted octanol–water partition coefficient (Wildman–Crippen LogP) is 3.56. The van der Waals surface area contributed by atoms with Crippen molar-refractivity contribution >= 4 is 17.3 Å². The Hall–Kier alpha value is -2.60. The molecular weight excluding hydrogens is 342 g/mol. The fraction of sp³-hybridized carbons (Fsp3) is 0.300. The maximum atomic E-state index is 4.67. The summed E-state index contributed by atoms with van der Waals surface area (Å²) in [7, 11) is 0. The van der Waals surface area contributed by atoms with Crippen LogP contribution in [0.1, 0.15) is 27.8 Å². The second-order valence-corrected chi connectivity index (χ2v) is 7.47. The van der Waals surface area contributed by atoms with Crippen molar-refractivity contribution in [3.8, 4) is 0 Å². The van der Waals surface area contributed by atoms with Gasteiger partial charge in [-0.3, -0.25) is 4.68 Å². The van der Waals surface area contributed by atoms with Crippen LogP contribution < -0.4 is 10.6 Å². The van der Waals surface area contributed by atoms with Crippen LogP contribution in [0.3, 0.4) is 0 Å². The van der Waals surface area contributed by atoms with Crippen molar-refractivity contribution in [1.82, 2.24) is 20.4 Å². The molecular formula is C20H25N5S. The maximum absolute atomic E-state index is 4.67. The van der Waals surface area contributed by atoms with Gasteiger partial charge in [0.25, 0.3) is 0 Å². The summed E-state index contributed by atoms with van der Waals surface area (Å²) >= 11 is 1.81. The van der Waals surface area contributed by atoms with Gasteiger partial charge in [0.1, 0.15) is 0 Å². The van der Waals surface area contributed by atoms with Crippen LogP contribution in [0.5, 0.6) is 0 Å². The second-order valence-electron chi connectivity index (χ2n) is 6.09. The highest BCUT2D eigenvalue weighted by molar-refractivity contribution is 7.11. The van der Waals surface area contributed by atoms with E-state index in [-0.39, 0.29) is 0 Å². The lowest BCUT2D eigenvalue weighted by molar-refractivity contribution is 0.686. The van der Waals surface area contributed by atoms with Crippen molar-refractivity contribution < 1.29 is 0 Å². The number of aromatic nitrogens is 2. The van der Waals surface area contributed by atoms with Gasteiger partial charge in [-0.15, -0.1) is 11.3 Å². The Morgan fingerprint density at radius 3 is 2.69 bits per heavy atom. The molecule has 2 aromatic heterocycles. The van der Waals surface area contributed by atoms with E-state index in [1.165, 1.54) is 15.3 Å². The van der Waals surface area contributed by atoms with Gasteiger partial charge >= 0.3 is 0 Å². The van der Waals surface area contributed by atoms with E-state index in [2.05, 4.69) is 65.0 Å². The Bertz CT molecular complexity index is 835. The zero-order chi connectivity index (χ0) is 18.2. The topological polar surface area (TPSA) is 54.2 Å². The van der Waals surface area contributed by atoms with Gasteiger partial charge < -0.3 is 10.6 Å². The van der Waals surface area contributed by atoms with Crippen molar-refractivity contribution in [3.05, 3.63) is 75.7 Å². The van der Waals surface area contributed by atoms with E-state index in [9.17, 15) is 0 Å². The van der Waals surface area contributed by atoms with E-state index in [1.54, 1.807) is 0 Å². The Labute approximate surface area is 158 Å². The molecule has 1 aromatic carbocycles. The number of nitrogens with zero attached hydrogens (tertiary/aromatic N) is 3. The van der Waals surface area contributed by atoms with Crippen LogP contribution >= 0.6 is 11.3 Å². The third-order valence-electron chi connectivity index (χ3n) is 3.86. The van der Waals surface area contributed by atoms with Crippen LogP contribution in [0.4, 0.5) is 0 Å². The highest BCUT2D eigenvalue weighted by Crippen LogP contribution is 2.14. The molecule has 6 heteroatoms. The van der Waals surface area contributed by atoms with Crippen LogP contribution in [0.15, 0.2) is 59.9 Å². The van der Waals surface area contributed by atoms with Crippen LogP contribution in [0.2, 0.25) is 0 Å². The van der Waals surface area contributed by atoms with Gasteiger partial charge in [-0.25, -0.2) is 4.99 Å². The smallest absolute Gasteiger partial charge is 0.191 e. The quantitative estimate of drug-likeness (QED) is 0.496. The first-order chi connectivity index (χ1) is 12.7. The summed E-state index contributed by atoms with van der Waals surface area (Å²) < 4.78 is 1.95. The molecule has 0 fully saturated rings. The second kappa shape index (κ2) is 9.20. The average Bonchev–Trinajstić information content (AvgIpc) is 3.27. The molecule has 0 aliphatic heterocycles. The van der Waals surface area contributed by atoms with Crippen molar-refractivity contribution in [1.29, 1.82) is 0 Å². The van der Waals surface area contributed by atoms with Crippen molar-refractivity contribution in [2.24, 2.45) is 4.99 Å². The van der Waals surface area contributed by atoms with Crippen LogP contribution in [0, 0.1) is 6.92 Å². The van der Waals surface area contributed by atoms with Crippen LogP contribution in [0.25, 0.3) is 0 Å². The fourth-order valence-electron chi connectivity index (χ4n) is 2.61. The normalized spacial score (nSPS) is 11.5. The standard InChI is InChI=1S/C20H25N5S/c1-3-21-20(23-13-19-10-9-16(2)26-19)22-11-18-12-24-25(15-18)14-17-7-5-4-6-8-17/h4-10,12,15H,3,11,13-14H2,1-2H3,(H2,21,22,23). The molecule has 0 spiro atoms. The number of benzene rings is 1. The lowest BCUT2D eigenvalue weighted by atomic mass is 10.2. The Morgan fingerprint density at radius 1 is 1.12 bits per heavy atom. The molecule has 2 heterocycles. The van der Waals surface area contributed by atoms with Gasteiger partial charge in [-0.1, -0.05) is 30.3 Å². The third kappa shape index (κ3) is 5.46. The molecule has 0 bridgehead atoms. The number of aryl methyl sites for hydroxylation is 1. The highest BCUT2D eigenvalue weighted by atomic mass is 32.1. The molecule has 5 nitrogen and oxygen atoms in total. The molecule has 0 radical (unpaired) electrons. The van der Waals surface area contributed by atoms with Crippen molar-refractivity contribution in [2.75, 3.05) is 6.54 Å². The summed E-state index contributed by atoms with van der Waals surface area (Å²) in [5.74, 6) is 0.828. The van der Waals surface area contributed by atoms with E-state index in [0.717, 1.165) is 31.2 Å². The van der Waals surface area contributed by atoms with Crippen molar-refractivity contribution in [2.45, 2.75) is 33.5 Å². The summed E-state index contributed by atoms with van der Waals surface area (Å²) in [6.45, 7) is 7.21. The minimum atomic E-state index is 0.605. The molecule has 0 amide bonds. The first-order valence-electron chi connectivity index (χ1n) is 8.85. The molecule has 0 aliphatic carbocycles. The van der Waals surface area contributed by atoms with Crippen LogP contribution in [-0.2, 0) is 19.6 Å². The molecule has 0 saturated carbocycles. The van der Waals surface area contributed by atoms with Gasteiger partial charge in [-0.2, -0.15) is 5.10 Å². The predicted molar refractivity (Wildman–Crippen MR) is 108 cm³/mol. The summed E-state index contributed by atoms with van der Waals surface area (Å²) in [6, 6.07) is 14.6. The van der Waals surface area contributed by atoms with Crippen molar-refractivity contribution in [3.63, 3.8) is 0 Å². The lowest BCUT2D eigenvalue weighted by Crippen LogP contribution is -2.36. The molecule has 2 N–H and O–H groups in total. The SMILES string of the molecule is CCNC(=NCc1cnn(Cc2ccccc2)c1)NCc1ccc(C)s1. The molecule has 3 rings (SSSR count). The summed E-state index contributed by atoms with van der Waals surface area (Å²) in [4.78, 5) is 7.31. The maximum Gasteiger partial charge on any atom is 0.191 e. The first kappa shape index (κ1) is 18.2. The molecule has 0 aliphatic rings. The Balaban J connectivity index is 1.57. The average molecular weight is 368 g/mol. The molecule has 0 saturated heterocycles. The number of hydrogen-bond donors (Lipinski definition) is 2. The molecule has 26 heavy (non-hydrogen) atoms. The Kier molecular flexibility index (Phi) is 6.44. The number of guanidine groups is 1. The molecule has 0 unspecified atom stereocenters. The minimum absolute atomic E-state index is 0.605. The molecule has 3 aromatic rings. The van der Waals surface area contributed by atoms with Gasteiger partial charge in [0.15, 0.2) is 5.96 Å². The molecule has 0 atom stereocenters. The van der Waals surface area contributed by atoms with Gasteiger partial charge in [0, 0.05) is 28.1 Å². The number of hydrogen-bond acceptors (Lipinski definition) is 3. The number of aliphatic imine (C=N–C) groups is 1. The van der Waals surface area contributed by atoms with E-state index in [4.69, 9.17) is 0 Å². The van der Waals surface area contributed by atoms with Gasteiger partial charge in [0.2, 0.25) is 0 Å². The first-order valence-corrected chi connectivity index (χ1v) is 9.67. The lowest BCUT2D eigenvalue weighted by Gasteiger charge is -2.10. The van der Waals surface area contributed by atoms with E-state index in [1.807, 2.05) is 40.4 Å². The number of nitrogens with one attached hydrogen (secondary N) is 2. The fourth-order valence-corrected chi connectivity index (χ4v) is 3.44. The zero-order valence-corrected chi connectivity index (χ0v) is 16.1. The Morgan fingerprint density at radius 2 is 1.96 bits per heavy atom. The molecule has 136 valence electrons. The summed E-state index contributed by atoms with van der Waals surface area (Å²) in [5.41, 5.74) is 2.34. The largest absolute Gasteiger partial charge is 0.357 e. The summed E-state index contributed by atoms with van der Waals surface area (Å²) in [6.07, 6.45) is 3.95. The minimum Gasteiger partial charge on any atom is -0.357 e. The number of rotatable bonds is 7. The van der Waals surface area contributed by atoms with Gasteiger partial charge in [0.05, 0.1) is 25.8 Å². The number of thiophene rings is 1. The van der Waals surface area contributed by atoms with Gasteiger partial charge in [-0.05, 0) is 31.5 Å². The van der Waals surface area contributed by atoms with E-state index < -0.39 is 0 Å². The van der Waals surface area contributed by atoms with Crippen LogP contribution in [-0.4, -0.2) is 22.3 Å². The zero-order valence-electron chi connectivity index (χ0n) is 15.3.